The highest BCUT2D eigenvalue weighted by Crippen LogP contribution is 2.19. The van der Waals surface area contributed by atoms with E-state index in [1.807, 2.05) is 30.1 Å². The lowest BCUT2D eigenvalue weighted by atomic mass is 9.98. The van der Waals surface area contributed by atoms with Gasteiger partial charge in [0.1, 0.15) is 0 Å². The van der Waals surface area contributed by atoms with Gasteiger partial charge >= 0.3 is 0 Å². The predicted molar refractivity (Wildman–Crippen MR) is 69.1 cm³/mol. The molecule has 1 atom stereocenters. The van der Waals surface area contributed by atoms with Crippen molar-refractivity contribution in [1.29, 1.82) is 0 Å². The highest BCUT2D eigenvalue weighted by Gasteiger charge is 2.24. The third-order valence-electron chi connectivity index (χ3n) is 3.27. The molecule has 17 heavy (non-hydrogen) atoms. The van der Waals surface area contributed by atoms with E-state index in [9.17, 15) is 4.79 Å². The fourth-order valence-corrected chi connectivity index (χ4v) is 2.44. The molecule has 1 heterocycles. The number of nitrogens with zero attached hydrogens (tertiary/aromatic N) is 1. The highest BCUT2D eigenvalue weighted by atomic mass is 16.2. The van der Waals surface area contributed by atoms with Gasteiger partial charge < -0.3 is 10.2 Å². The van der Waals surface area contributed by atoms with E-state index in [2.05, 4.69) is 18.3 Å². The van der Waals surface area contributed by atoms with Crippen LogP contribution in [0.1, 0.15) is 22.8 Å². The first kappa shape index (κ1) is 12.1. The number of benzene rings is 1. The van der Waals surface area contributed by atoms with Crippen molar-refractivity contribution in [3.8, 4) is 0 Å². The lowest BCUT2D eigenvalue weighted by molar-refractivity contribution is 0.0716. The van der Waals surface area contributed by atoms with Crippen LogP contribution in [-0.4, -0.2) is 37.5 Å². The van der Waals surface area contributed by atoms with Gasteiger partial charge in [-0.2, -0.15) is 0 Å². The topological polar surface area (TPSA) is 32.3 Å². The van der Waals surface area contributed by atoms with Gasteiger partial charge in [0.05, 0.1) is 0 Å². The van der Waals surface area contributed by atoms with Crippen LogP contribution in [-0.2, 0) is 6.42 Å². The third-order valence-corrected chi connectivity index (χ3v) is 3.27. The molecular formula is C14H20N2O. The third kappa shape index (κ3) is 2.67. The summed E-state index contributed by atoms with van der Waals surface area (Å²) in [5.41, 5.74) is 2.07. The number of amides is 1. The first-order valence-corrected chi connectivity index (χ1v) is 6.24. The molecule has 1 N–H and O–H groups in total. The van der Waals surface area contributed by atoms with Gasteiger partial charge in [-0.1, -0.05) is 25.1 Å². The van der Waals surface area contributed by atoms with E-state index in [1.165, 1.54) is 5.56 Å². The molecule has 3 nitrogen and oxygen atoms in total. The standard InChI is InChI=1S/C14H20N2O/c1-11(9-15-2)10-16-8-7-12-5-3-4-6-13(12)14(16)17/h3-6,11,15H,7-10H2,1-2H3. The van der Waals surface area contributed by atoms with E-state index in [0.29, 0.717) is 5.92 Å². The molecule has 0 fully saturated rings. The second-order valence-corrected chi connectivity index (χ2v) is 4.82. The molecule has 0 saturated heterocycles. The van der Waals surface area contributed by atoms with E-state index in [4.69, 9.17) is 0 Å². The van der Waals surface area contributed by atoms with Crippen LogP contribution in [0.15, 0.2) is 24.3 Å². The van der Waals surface area contributed by atoms with Crippen molar-refractivity contribution in [3.63, 3.8) is 0 Å². The summed E-state index contributed by atoms with van der Waals surface area (Å²) >= 11 is 0. The maximum atomic E-state index is 12.3. The Morgan fingerprint density at radius 3 is 2.94 bits per heavy atom. The van der Waals surface area contributed by atoms with Crippen LogP contribution in [0.25, 0.3) is 0 Å². The van der Waals surface area contributed by atoms with Crippen LogP contribution in [0.3, 0.4) is 0 Å². The van der Waals surface area contributed by atoms with Crippen molar-refractivity contribution in [2.75, 3.05) is 26.7 Å². The van der Waals surface area contributed by atoms with E-state index >= 15 is 0 Å². The van der Waals surface area contributed by atoms with Crippen LogP contribution in [0, 0.1) is 5.92 Å². The van der Waals surface area contributed by atoms with Crippen LogP contribution in [0.4, 0.5) is 0 Å². The Bertz CT molecular complexity index is 403. The highest BCUT2D eigenvalue weighted by molar-refractivity contribution is 5.96. The van der Waals surface area contributed by atoms with Crippen molar-refractivity contribution in [3.05, 3.63) is 35.4 Å². The molecule has 1 aliphatic heterocycles. The molecule has 1 amide bonds. The average molecular weight is 232 g/mol. The normalized spacial score (nSPS) is 16.8. The predicted octanol–water partition coefficient (Wildman–Crippen LogP) is 1.54. The Morgan fingerprint density at radius 1 is 1.41 bits per heavy atom. The quantitative estimate of drug-likeness (QED) is 0.854. The van der Waals surface area contributed by atoms with Crippen LogP contribution in [0.2, 0.25) is 0 Å². The first-order chi connectivity index (χ1) is 8.22. The lowest BCUT2D eigenvalue weighted by Gasteiger charge is -2.30. The minimum Gasteiger partial charge on any atom is -0.338 e. The molecule has 0 bridgehead atoms. The first-order valence-electron chi connectivity index (χ1n) is 6.24. The fourth-order valence-electron chi connectivity index (χ4n) is 2.44. The Kier molecular flexibility index (Phi) is 3.79. The summed E-state index contributed by atoms with van der Waals surface area (Å²) in [5, 5.41) is 3.15. The molecule has 0 aliphatic carbocycles. The van der Waals surface area contributed by atoms with Crippen molar-refractivity contribution < 1.29 is 4.79 Å². The second kappa shape index (κ2) is 5.32. The maximum Gasteiger partial charge on any atom is 0.254 e. The van der Waals surface area contributed by atoms with E-state index in [-0.39, 0.29) is 5.91 Å². The zero-order chi connectivity index (χ0) is 12.3. The molecular weight excluding hydrogens is 212 g/mol. The molecule has 0 saturated carbocycles. The van der Waals surface area contributed by atoms with Gasteiger partial charge in [-0.05, 0) is 37.6 Å². The minimum absolute atomic E-state index is 0.190. The summed E-state index contributed by atoms with van der Waals surface area (Å²) in [6.07, 6.45) is 0.980. The van der Waals surface area contributed by atoms with E-state index in [0.717, 1.165) is 31.6 Å². The SMILES string of the molecule is CNCC(C)CN1CCc2ccccc2C1=O. The molecule has 92 valence electrons. The zero-order valence-electron chi connectivity index (χ0n) is 10.6. The molecule has 1 unspecified atom stereocenters. The monoisotopic (exact) mass is 232 g/mol. The van der Waals surface area contributed by atoms with Crippen LogP contribution in [0.5, 0.6) is 0 Å². The number of fused-ring (bicyclic) bond motifs is 1. The van der Waals surface area contributed by atoms with Gasteiger partial charge in [-0.25, -0.2) is 0 Å². The Balaban J connectivity index is 2.07. The summed E-state index contributed by atoms with van der Waals surface area (Å²) in [6.45, 7) is 4.81. The van der Waals surface area contributed by atoms with Crippen LogP contribution < -0.4 is 5.32 Å². The van der Waals surface area contributed by atoms with Gasteiger partial charge in [0.2, 0.25) is 0 Å². The molecule has 0 spiro atoms. The number of carbonyl (C=O) groups is 1. The molecule has 1 aliphatic rings. The van der Waals surface area contributed by atoms with Crippen LogP contribution >= 0.6 is 0 Å². The number of nitrogens with one attached hydrogen (secondary N) is 1. The largest absolute Gasteiger partial charge is 0.338 e. The van der Waals surface area contributed by atoms with Crippen molar-refractivity contribution in [2.45, 2.75) is 13.3 Å². The number of hydrogen-bond acceptors (Lipinski definition) is 2. The fraction of sp³-hybridized carbons (Fsp3) is 0.500. The van der Waals surface area contributed by atoms with E-state index in [1.54, 1.807) is 0 Å². The number of rotatable bonds is 4. The summed E-state index contributed by atoms with van der Waals surface area (Å²) in [6, 6.07) is 7.94. The van der Waals surface area contributed by atoms with Gasteiger partial charge in [0, 0.05) is 18.7 Å². The summed E-state index contributed by atoms with van der Waals surface area (Å²) in [5.74, 6) is 0.684. The number of carbonyl (C=O) groups excluding carboxylic acids is 1. The molecule has 0 aromatic heterocycles. The van der Waals surface area contributed by atoms with Crippen molar-refractivity contribution in [1.82, 2.24) is 10.2 Å². The Labute approximate surface area is 103 Å². The number of hydrogen-bond donors (Lipinski definition) is 1. The Hall–Kier alpha value is -1.35. The zero-order valence-corrected chi connectivity index (χ0v) is 10.6. The molecule has 2 rings (SSSR count). The molecule has 0 radical (unpaired) electrons. The summed E-state index contributed by atoms with van der Waals surface area (Å²) < 4.78 is 0. The van der Waals surface area contributed by atoms with E-state index < -0.39 is 0 Å². The molecule has 3 heteroatoms. The van der Waals surface area contributed by atoms with Gasteiger partial charge in [0.25, 0.3) is 5.91 Å². The maximum absolute atomic E-state index is 12.3. The van der Waals surface area contributed by atoms with Crippen molar-refractivity contribution in [2.24, 2.45) is 5.92 Å². The molecule has 1 aromatic rings. The van der Waals surface area contributed by atoms with Crippen molar-refractivity contribution >= 4 is 5.91 Å². The average Bonchev–Trinajstić information content (AvgIpc) is 2.33. The minimum atomic E-state index is 0.190. The van der Waals surface area contributed by atoms with Gasteiger partial charge in [0.15, 0.2) is 0 Å². The summed E-state index contributed by atoms with van der Waals surface area (Å²) in [7, 11) is 1.95. The Morgan fingerprint density at radius 2 is 2.18 bits per heavy atom. The second-order valence-electron chi connectivity index (χ2n) is 4.82. The lowest BCUT2D eigenvalue weighted by Crippen LogP contribution is -2.41. The molecule has 1 aromatic carbocycles. The smallest absolute Gasteiger partial charge is 0.254 e. The van der Waals surface area contributed by atoms with Gasteiger partial charge in [-0.15, -0.1) is 0 Å². The van der Waals surface area contributed by atoms with Gasteiger partial charge in [-0.3, -0.25) is 4.79 Å². The summed E-state index contributed by atoms with van der Waals surface area (Å²) in [4.78, 5) is 14.2.